The number of alkyl halides is 1. The molecule has 0 saturated heterocycles. The SMILES string of the molecule is C=C(C)CCCC(Cl)C(C)C. The Hall–Kier alpha value is 0.0300. The van der Waals surface area contributed by atoms with Crippen LogP contribution in [-0.4, -0.2) is 5.38 Å². The zero-order chi connectivity index (χ0) is 8.85. The van der Waals surface area contributed by atoms with E-state index in [-0.39, 0.29) is 0 Å². The van der Waals surface area contributed by atoms with E-state index >= 15 is 0 Å². The third-order valence-corrected chi connectivity index (χ3v) is 2.53. The van der Waals surface area contributed by atoms with Crippen LogP contribution in [-0.2, 0) is 0 Å². The van der Waals surface area contributed by atoms with Gasteiger partial charge in [0.15, 0.2) is 0 Å². The summed E-state index contributed by atoms with van der Waals surface area (Å²) in [7, 11) is 0. The van der Waals surface area contributed by atoms with Crippen molar-refractivity contribution in [2.45, 2.75) is 45.4 Å². The van der Waals surface area contributed by atoms with E-state index in [1.165, 1.54) is 12.0 Å². The molecule has 0 aliphatic carbocycles. The summed E-state index contributed by atoms with van der Waals surface area (Å²) in [6.07, 6.45) is 3.42. The van der Waals surface area contributed by atoms with Gasteiger partial charge < -0.3 is 0 Å². The Morgan fingerprint density at radius 2 is 2.00 bits per heavy atom. The second kappa shape index (κ2) is 5.65. The summed E-state index contributed by atoms with van der Waals surface area (Å²) in [4.78, 5) is 0. The van der Waals surface area contributed by atoms with Crippen LogP contribution in [0.1, 0.15) is 40.0 Å². The lowest BCUT2D eigenvalue weighted by molar-refractivity contribution is 0.547. The largest absolute Gasteiger partial charge is 0.123 e. The molecule has 0 aromatic heterocycles. The van der Waals surface area contributed by atoms with Crippen LogP contribution in [0.25, 0.3) is 0 Å². The van der Waals surface area contributed by atoms with Crippen LogP contribution in [0.4, 0.5) is 0 Å². The van der Waals surface area contributed by atoms with Gasteiger partial charge in [-0.3, -0.25) is 0 Å². The van der Waals surface area contributed by atoms with Gasteiger partial charge in [0, 0.05) is 5.38 Å². The first-order valence-corrected chi connectivity index (χ1v) is 4.76. The van der Waals surface area contributed by atoms with Crippen molar-refractivity contribution in [2.75, 3.05) is 0 Å². The number of rotatable bonds is 5. The summed E-state index contributed by atoms with van der Waals surface area (Å²) in [5.41, 5.74) is 1.26. The molecule has 0 bridgehead atoms. The molecular weight excluding hydrogens is 156 g/mol. The molecule has 0 nitrogen and oxygen atoms in total. The number of hydrogen-bond acceptors (Lipinski definition) is 0. The zero-order valence-electron chi connectivity index (χ0n) is 7.86. The van der Waals surface area contributed by atoms with Crippen LogP contribution in [0.15, 0.2) is 12.2 Å². The van der Waals surface area contributed by atoms with Crippen molar-refractivity contribution in [2.24, 2.45) is 5.92 Å². The van der Waals surface area contributed by atoms with Crippen molar-refractivity contribution in [1.82, 2.24) is 0 Å². The molecule has 0 amide bonds. The molecule has 1 atom stereocenters. The fourth-order valence-electron chi connectivity index (χ4n) is 0.932. The molecule has 11 heavy (non-hydrogen) atoms. The molecule has 0 heterocycles. The summed E-state index contributed by atoms with van der Waals surface area (Å²) < 4.78 is 0. The highest BCUT2D eigenvalue weighted by Gasteiger charge is 2.07. The smallest absolute Gasteiger partial charge is 0.0359 e. The Morgan fingerprint density at radius 1 is 1.45 bits per heavy atom. The van der Waals surface area contributed by atoms with Crippen LogP contribution < -0.4 is 0 Å². The first-order chi connectivity index (χ1) is 5.04. The van der Waals surface area contributed by atoms with Crippen molar-refractivity contribution in [3.8, 4) is 0 Å². The minimum absolute atomic E-state index is 0.342. The predicted octanol–water partition coefficient (Wildman–Crippen LogP) is 4.00. The molecular formula is C10H19Cl. The molecule has 0 radical (unpaired) electrons. The van der Waals surface area contributed by atoms with E-state index in [9.17, 15) is 0 Å². The maximum atomic E-state index is 6.07. The predicted molar refractivity (Wildman–Crippen MR) is 53.1 cm³/mol. The van der Waals surface area contributed by atoms with Gasteiger partial charge in [0.2, 0.25) is 0 Å². The van der Waals surface area contributed by atoms with Crippen molar-refractivity contribution < 1.29 is 0 Å². The van der Waals surface area contributed by atoms with Crippen LogP contribution in [0.5, 0.6) is 0 Å². The first-order valence-electron chi connectivity index (χ1n) is 4.32. The molecule has 0 aromatic carbocycles. The van der Waals surface area contributed by atoms with Gasteiger partial charge in [-0.25, -0.2) is 0 Å². The van der Waals surface area contributed by atoms with E-state index in [1.807, 2.05) is 0 Å². The maximum absolute atomic E-state index is 6.07. The second-order valence-corrected chi connectivity index (χ2v) is 4.17. The Balaban J connectivity index is 3.31. The zero-order valence-corrected chi connectivity index (χ0v) is 8.62. The van der Waals surface area contributed by atoms with Crippen LogP contribution in [0.2, 0.25) is 0 Å². The number of allylic oxidation sites excluding steroid dienone is 1. The standard InChI is InChI=1S/C10H19Cl/c1-8(2)6-5-7-10(11)9(3)4/h9-10H,1,5-7H2,2-4H3. The quantitative estimate of drug-likeness (QED) is 0.437. The van der Waals surface area contributed by atoms with Gasteiger partial charge in [0.1, 0.15) is 0 Å². The number of hydrogen-bond donors (Lipinski definition) is 0. The first kappa shape index (κ1) is 11.0. The molecule has 0 fully saturated rings. The molecule has 1 unspecified atom stereocenters. The Morgan fingerprint density at radius 3 is 2.36 bits per heavy atom. The summed E-state index contributed by atoms with van der Waals surface area (Å²) >= 11 is 6.07. The van der Waals surface area contributed by atoms with Gasteiger partial charge in [-0.05, 0) is 32.1 Å². The molecule has 0 rings (SSSR count). The fraction of sp³-hybridized carbons (Fsp3) is 0.800. The number of halogens is 1. The minimum atomic E-state index is 0.342. The Labute approximate surface area is 75.6 Å². The minimum Gasteiger partial charge on any atom is -0.123 e. The molecule has 0 aromatic rings. The Bertz CT molecular complexity index is 116. The van der Waals surface area contributed by atoms with Gasteiger partial charge in [-0.2, -0.15) is 0 Å². The molecule has 0 N–H and O–H groups in total. The molecule has 66 valence electrons. The summed E-state index contributed by atoms with van der Waals surface area (Å²) in [5.74, 6) is 0.599. The molecule has 0 spiro atoms. The summed E-state index contributed by atoms with van der Waals surface area (Å²) in [5, 5.41) is 0.342. The lowest BCUT2D eigenvalue weighted by atomic mass is 10.0. The van der Waals surface area contributed by atoms with E-state index in [4.69, 9.17) is 11.6 Å². The van der Waals surface area contributed by atoms with Gasteiger partial charge in [-0.15, -0.1) is 18.2 Å². The third kappa shape index (κ3) is 6.43. The average molecular weight is 175 g/mol. The summed E-state index contributed by atoms with van der Waals surface area (Å²) in [6.45, 7) is 10.3. The monoisotopic (exact) mass is 174 g/mol. The molecule has 0 saturated carbocycles. The van der Waals surface area contributed by atoms with E-state index in [0.717, 1.165) is 12.8 Å². The van der Waals surface area contributed by atoms with Gasteiger partial charge in [0.05, 0.1) is 0 Å². The van der Waals surface area contributed by atoms with E-state index in [1.54, 1.807) is 0 Å². The van der Waals surface area contributed by atoms with Crippen LogP contribution in [0, 0.1) is 5.92 Å². The fourth-order valence-corrected chi connectivity index (χ4v) is 1.09. The summed E-state index contributed by atoms with van der Waals surface area (Å²) in [6, 6.07) is 0. The van der Waals surface area contributed by atoms with Crippen LogP contribution >= 0.6 is 11.6 Å². The molecule has 0 aliphatic rings. The van der Waals surface area contributed by atoms with E-state index < -0.39 is 0 Å². The highest BCUT2D eigenvalue weighted by molar-refractivity contribution is 6.20. The van der Waals surface area contributed by atoms with Gasteiger partial charge in [-0.1, -0.05) is 19.4 Å². The van der Waals surface area contributed by atoms with Gasteiger partial charge >= 0.3 is 0 Å². The topological polar surface area (TPSA) is 0 Å². The second-order valence-electron chi connectivity index (χ2n) is 3.61. The van der Waals surface area contributed by atoms with Crippen molar-refractivity contribution in [1.29, 1.82) is 0 Å². The third-order valence-electron chi connectivity index (χ3n) is 1.81. The highest BCUT2D eigenvalue weighted by atomic mass is 35.5. The highest BCUT2D eigenvalue weighted by Crippen LogP contribution is 2.17. The van der Waals surface area contributed by atoms with Crippen LogP contribution in [0.3, 0.4) is 0 Å². The lowest BCUT2D eigenvalue weighted by Crippen LogP contribution is -2.06. The normalized spacial score (nSPS) is 13.5. The maximum Gasteiger partial charge on any atom is 0.0359 e. The Kier molecular flexibility index (Phi) is 5.67. The molecule has 1 heteroatoms. The average Bonchev–Trinajstić information content (AvgIpc) is 1.86. The molecule has 0 aliphatic heterocycles. The van der Waals surface area contributed by atoms with Gasteiger partial charge in [0.25, 0.3) is 0 Å². The van der Waals surface area contributed by atoms with E-state index in [2.05, 4.69) is 27.4 Å². The van der Waals surface area contributed by atoms with E-state index in [0.29, 0.717) is 11.3 Å². The van der Waals surface area contributed by atoms with Crippen molar-refractivity contribution in [3.05, 3.63) is 12.2 Å². The lowest BCUT2D eigenvalue weighted by Gasteiger charge is -2.12. The van der Waals surface area contributed by atoms with Crippen molar-refractivity contribution >= 4 is 11.6 Å². The van der Waals surface area contributed by atoms with Crippen molar-refractivity contribution in [3.63, 3.8) is 0 Å².